The van der Waals surface area contributed by atoms with Crippen molar-refractivity contribution in [2.24, 2.45) is 0 Å². The van der Waals surface area contributed by atoms with E-state index < -0.39 is 0 Å². The minimum Gasteiger partial charge on any atom is -0.352 e. The molecule has 0 spiro atoms. The number of nitrogens with one attached hydrogen (secondary N) is 1. The molecule has 106 valence electrons. The Morgan fingerprint density at radius 2 is 1.95 bits per heavy atom. The molecule has 1 N–H and O–H groups in total. The standard InChI is InChI=1S/C14H24N4O/c1-6-10(4)15-14-16-11(5)9-12(17-14)13(19)18(7-2)8-3/h9-10H,6-8H2,1-5H3,(H,15,16,17). The quantitative estimate of drug-likeness (QED) is 0.857. The van der Waals surface area contributed by atoms with Crippen LogP contribution in [0.4, 0.5) is 5.95 Å². The number of hydrogen-bond donors (Lipinski definition) is 1. The van der Waals surface area contributed by atoms with E-state index in [9.17, 15) is 4.79 Å². The van der Waals surface area contributed by atoms with Crippen molar-refractivity contribution in [3.8, 4) is 0 Å². The minimum atomic E-state index is -0.0392. The first-order chi connectivity index (χ1) is 9.01. The van der Waals surface area contributed by atoms with E-state index in [2.05, 4.69) is 29.1 Å². The summed E-state index contributed by atoms with van der Waals surface area (Å²) in [6.07, 6.45) is 0.983. The Morgan fingerprint density at radius 3 is 2.47 bits per heavy atom. The van der Waals surface area contributed by atoms with Gasteiger partial charge in [0.1, 0.15) is 5.69 Å². The Labute approximate surface area is 115 Å². The first-order valence-corrected chi connectivity index (χ1v) is 6.93. The van der Waals surface area contributed by atoms with Gasteiger partial charge in [-0.25, -0.2) is 9.97 Å². The van der Waals surface area contributed by atoms with Crippen LogP contribution in [0.3, 0.4) is 0 Å². The molecule has 1 rings (SSSR count). The number of hydrogen-bond acceptors (Lipinski definition) is 4. The highest BCUT2D eigenvalue weighted by molar-refractivity contribution is 5.92. The number of aromatic nitrogens is 2. The average Bonchev–Trinajstić information content (AvgIpc) is 2.39. The molecule has 0 aliphatic carbocycles. The predicted octanol–water partition coefficient (Wildman–Crippen LogP) is 2.48. The van der Waals surface area contributed by atoms with Crippen LogP contribution in [-0.2, 0) is 0 Å². The third kappa shape index (κ3) is 4.19. The zero-order valence-corrected chi connectivity index (χ0v) is 12.5. The van der Waals surface area contributed by atoms with E-state index in [1.807, 2.05) is 20.8 Å². The molecule has 1 aromatic heterocycles. The van der Waals surface area contributed by atoms with Gasteiger partial charge in [0.25, 0.3) is 5.91 Å². The number of anilines is 1. The molecule has 1 amide bonds. The van der Waals surface area contributed by atoms with Crippen LogP contribution < -0.4 is 5.32 Å². The lowest BCUT2D eigenvalue weighted by molar-refractivity contribution is 0.0767. The van der Waals surface area contributed by atoms with E-state index in [4.69, 9.17) is 0 Å². The molecule has 5 heteroatoms. The first kappa shape index (κ1) is 15.4. The van der Waals surface area contributed by atoms with Gasteiger partial charge in [-0.15, -0.1) is 0 Å². The predicted molar refractivity (Wildman–Crippen MR) is 77.4 cm³/mol. The van der Waals surface area contributed by atoms with Crippen molar-refractivity contribution in [1.82, 2.24) is 14.9 Å². The molecule has 1 unspecified atom stereocenters. The normalized spacial score (nSPS) is 12.1. The lowest BCUT2D eigenvalue weighted by atomic mass is 10.2. The fraction of sp³-hybridized carbons (Fsp3) is 0.643. The van der Waals surface area contributed by atoms with Crippen LogP contribution >= 0.6 is 0 Å². The summed E-state index contributed by atoms with van der Waals surface area (Å²) in [7, 11) is 0. The topological polar surface area (TPSA) is 58.1 Å². The van der Waals surface area contributed by atoms with Crippen molar-refractivity contribution in [3.63, 3.8) is 0 Å². The zero-order valence-electron chi connectivity index (χ0n) is 12.5. The van der Waals surface area contributed by atoms with Crippen LogP contribution in [0, 0.1) is 6.92 Å². The van der Waals surface area contributed by atoms with E-state index in [1.165, 1.54) is 0 Å². The molecule has 0 bridgehead atoms. The summed E-state index contributed by atoms with van der Waals surface area (Å²) in [6.45, 7) is 11.3. The number of amides is 1. The Kier molecular flexibility index (Phi) is 5.73. The molecular weight excluding hydrogens is 240 g/mol. The van der Waals surface area contributed by atoms with Crippen LogP contribution in [0.5, 0.6) is 0 Å². The number of carbonyl (C=O) groups excluding carboxylic acids is 1. The van der Waals surface area contributed by atoms with Crippen LogP contribution in [0.2, 0.25) is 0 Å². The van der Waals surface area contributed by atoms with E-state index >= 15 is 0 Å². The molecule has 0 saturated carbocycles. The summed E-state index contributed by atoms with van der Waals surface area (Å²) in [6, 6.07) is 2.03. The lowest BCUT2D eigenvalue weighted by Gasteiger charge is -2.19. The largest absolute Gasteiger partial charge is 0.352 e. The summed E-state index contributed by atoms with van der Waals surface area (Å²) >= 11 is 0. The van der Waals surface area contributed by atoms with E-state index in [0.717, 1.165) is 12.1 Å². The van der Waals surface area contributed by atoms with Crippen molar-refractivity contribution < 1.29 is 4.79 Å². The molecule has 1 heterocycles. The van der Waals surface area contributed by atoms with E-state index in [-0.39, 0.29) is 5.91 Å². The van der Waals surface area contributed by atoms with Crippen LogP contribution in [0.15, 0.2) is 6.07 Å². The van der Waals surface area contributed by atoms with Gasteiger partial charge in [-0.3, -0.25) is 4.79 Å². The van der Waals surface area contributed by atoms with Gasteiger partial charge in [-0.05, 0) is 40.2 Å². The minimum absolute atomic E-state index is 0.0392. The molecule has 0 radical (unpaired) electrons. The SMILES string of the molecule is CCC(C)Nc1nc(C)cc(C(=O)N(CC)CC)n1. The second-order valence-corrected chi connectivity index (χ2v) is 4.65. The summed E-state index contributed by atoms with van der Waals surface area (Å²) in [4.78, 5) is 22.7. The van der Waals surface area contributed by atoms with Crippen LogP contribution in [0.1, 0.15) is 50.3 Å². The van der Waals surface area contributed by atoms with Gasteiger partial charge in [0.05, 0.1) is 0 Å². The van der Waals surface area contributed by atoms with Crippen molar-refractivity contribution in [2.45, 2.75) is 47.1 Å². The van der Waals surface area contributed by atoms with Crippen LogP contribution in [-0.4, -0.2) is 39.9 Å². The van der Waals surface area contributed by atoms with Gasteiger partial charge >= 0.3 is 0 Å². The number of carbonyl (C=O) groups is 1. The molecule has 5 nitrogen and oxygen atoms in total. The number of nitrogens with zero attached hydrogens (tertiary/aromatic N) is 3. The van der Waals surface area contributed by atoms with Crippen molar-refractivity contribution in [3.05, 3.63) is 17.5 Å². The van der Waals surface area contributed by atoms with Crippen LogP contribution in [0.25, 0.3) is 0 Å². The highest BCUT2D eigenvalue weighted by Gasteiger charge is 2.16. The molecule has 0 saturated heterocycles. The molecule has 1 aromatic rings. The monoisotopic (exact) mass is 264 g/mol. The number of rotatable bonds is 6. The Morgan fingerprint density at radius 1 is 1.32 bits per heavy atom. The Bertz CT molecular complexity index is 429. The molecule has 0 aromatic carbocycles. The van der Waals surface area contributed by atoms with E-state index in [0.29, 0.717) is 30.8 Å². The van der Waals surface area contributed by atoms with Crippen molar-refractivity contribution >= 4 is 11.9 Å². The molecule has 1 atom stereocenters. The Hall–Kier alpha value is -1.65. The lowest BCUT2D eigenvalue weighted by Crippen LogP contribution is -2.31. The summed E-state index contributed by atoms with van der Waals surface area (Å²) in [5.41, 5.74) is 1.26. The second-order valence-electron chi connectivity index (χ2n) is 4.65. The smallest absolute Gasteiger partial charge is 0.272 e. The zero-order chi connectivity index (χ0) is 14.4. The summed E-state index contributed by atoms with van der Waals surface area (Å²) in [5, 5.41) is 3.21. The molecular formula is C14H24N4O. The maximum absolute atomic E-state index is 12.3. The van der Waals surface area contributed by atoms with Gasteiger partial charge in [0.2, 0.25) is 5.95 Å². The van der Waals surface area contributed by atoms with Gasteiger partial charge < -0.3 is 10.2 Å². The van der Waals surface area contributed by atoms with Gasteiger partial charge in [0, 0.05) is 24.8 Å². The Balaban J connectivity index is 2.99. The van der Waals surface area contributed by atoms with Crippen molar-refractivity contribution in [2.75, 3.05) is 18.4 Å². The molecule has 0 aliphatic heterocycles. The van der Waals surface area contributed by atoms with Gasteiger partial charge in [-0.2, -0.15) is 0 Å². The van der Waals surface area contributed by atoms with Crippen molar-refractivity contribution in [1.29, 1.82) is 0 Å². The van der Waals surface area contributed by atoms with E-state index in [1.54, 1.807) is 11.0 Å². The first-order valence-electron chi connectivity index (χ1n) is 6.93. The summed E-state index contributed by atoms with van der Waals surface area (Å²) in [5.74, 6) is 0.493. The summed E-state index contributed by atoms with van der Waals surface area (Å²) < 4.78 is 0. The second kappa shape index (κ2) is 7.07. The highest BCUT2D eigenvalue weighted by Crippen LogP contribution is 2.09. The highest BCUT2D eigenvalue weighted by atomic mass is 16.2. The fourth-order valence-electron chi connectivity index (χ4n) is 1.74. The molecule has 0 aliphatic rings. The molecule has 19 heavy (non-hydrogen) atoms. The van der Waals surface area contributed by atoms with Gasteiger partial charge in [-0.1, -0.05) is 6.92 Å². The third-order valence-corrected chi connectivity index (χ3v) is 3.11. The van der Waals surface area contributed by atoms with Gasteiger partial charge in [0.15, 0.2) is 0 Å². The third-order valence-electron chi connectivity index (χ3n) is 3.11. The molecule has 0 fully saturated rings. The number of aryl methyl sites for hydroxylation is 1. The fourth-order valence-corrected chi connectivity index (χ4v) is 1.74. The maximum atomic E-state index is 12.3. The maximum Gasteiger partial charge on any atom is 0.272 e. The average molecular weight is 264 g/mol.